The van der Waals surface area contributed by atoms with Gasteiger partial charge in [-0.1, -0.05) is 0 Å². The quantitative estimate of drug-likeness (QED) is 0.871. The van der Waals surface area contributed by atoms with Gasteiger partial charge in [-0.15, -0.1) is 11.3 Å². The number of methoxy groups -OCH3 is 1. The zero-order chi connectivity index (χ0) is 13.0. The third-order valence-electron chi connectivity index (χ3n) is 2.57. The van der Waals surface area contributed by atoms with E-state index >= 15 is 0 Å². The molecule has 0 amide bonds. The highest BCUT2D eigenvalue weighted by Crippen LogP contribution is 2.32. The number of rotatable bonds is 5. The Bertz CT molecular complexity index is 525. The zero-order valence-corrected chi connectivity index (χ0v) is 10.9. The molecule has 2 aromatic rings. The highest BCUT2D eigenvalue weighted by atomic mass is 32.1. The number of aromatic hydroxyl groups is 1. The summed E-state index contributed by atoms with van der Waals surface area (Å²) in [4.78, 5) is 4.47. The number of ether oxygens (including phenoxy) is 1. The van der Waals surface area contributed by atoms with Crippen molar-refractivity contribution in [2.24, 2.45) is 0 Å². The molecule has 1 aromatic carbocycles. The van der Waals surface area contributed by atoms with Crippen LogP contribution in [0.1, 0.15) is 12.1 Å². The van der Waals surface area contributed by atoms with Crippen molar-refractivity contribution in [1.29, 1.82) is 0 Å². The normalized spacial score (nSPS) is 10.6. The lowest BCUT2D eigenvalue weighted by Gasteiger charge is -2.04. The van der Waals surface area contributed by atoms with Crippen molar-refractivity contribution in [2.75, 3.05) is 13.7 Å². The highest BCUT2D eigenvalue weighted by molar-refractivity contribution is 7.13. The number of phenolic OH excluding ortho intramolecular Hbond substituents is 1. The van der Waals surface area contributed by atoms with Gasteiger partial charge in [0.05, 0.1) is 12.8 Å². The lowest BCUT2D eigenvalue weighted by atomic mass is 10.2. The minimum Gasteiger partial charge on any atom is -0.504 e. The Morgan fingerprint density at radius 2 is 2.22 bits per heavy atom. The third kappa shape index (κ3) is 2.80. The molecular formula is C13H15NO3S. The van der Waals surface area contributed by atoms with Crippen LogP contribution in [0, 0.1) is 0 Å². The standard InChI is InChI=1S/C13H15NO3S/c1-17-12-5-4-9(7-11(12)16)13-14-10(8-18-13)3-2-6-15/h4-5,7-8,15-16H,2-3,6H2,1H3. The lowest BCUT2D eigenvalue weighted by Crippen LogP contribution is -1.89. The van der Waals surface area contributed by atoms with Crippen LogP contribution in [0.25, 0.3) is 10.6 Å². The summed E-state index contributed by atoms with van der Waals surface area (Å²) in [7, 11) is 1.52. The molecule has 0 radical (unpaired) electrons. The van der Waals surface area contributed by atoms with E-state index in [1.165, 1.54) is 18.4 Å². The summed E-state index contributed by atoms with van der Waals surface area (Å²) in [6.45, 7) is 0.177. The number of thiazole rings is 1. The summed E-state index contributed by atoms with van der Waals surface area (Å²) < 4.78 is 5.00. The Labute approximate surface area is 110 Å². The Morgan fingerprint density at radius 3 is 2.89 bits per heavy atom. The number of benzene rings is 1. The molecule has 1 aromatic heterocycles. The Hall–Kier alpha value is -1.59. The van der Waals surface area contributed by atoms with Gasteiger partial charge < -0.3 is 14.9 Å². The van der Waals surface area contributed by atoms with Crippen LogP contribution in [-0.2, 0) is 6.42 Å². The van der Waals surface area contributed by atoms with Gasteiger partial charge in [0.1, 0.15) is 5.01 Å². The van der Waals surface area contributed by atoms with Gasteiger partial charge >= 0.3 is 0 Å². The summed E-state index contributed by atoms with van der Waals surface area (Å²) in [5.74, 6) is 0.568. The predicted molar refractivity (Wildman–Crippen MR) is 71.2 cm³/mol. The molecule has 0 saturated carbocycles. The molecule has 4 nitrogen and oxygen atoms in total. The smallest absolute Gasteiger partial charge is 0.160 e. The van der Waals surface area contributed by atoms with Crippen molar-refractivity contribution in [3.05, 3.63) is 29.3 Å². The number of aliphatic hydroxyl groups excluding tert-OH is 1. The molecule has 0 bridgehead atoms. The van der Waals surface area contributed by atoms with Crippen molar-refractivity contribution in [2.45, 2.75) is 12.8 Å². The van der Waals surface area contributed by atoms with Crippen LogP contribution in [0.3, 0.4) is 0 Å². The molecule has 0 aliphatic heterocycles. The monoisotopic (exact) mass is 265 g/mol. The van der Waals surface area contributed by atoms with Gasteiger partial charge in [0, 0.05) is 17.6 Å². The first-order valence-electron chi connectivity index (χ1n) is 5.67. The Morgan fingerprint density at radius 1 is 1.39 bits per heavy atom. The minimum atomic E-state index is 0.113. The summed E-state index contributed by atoms with van der Waals surface area (Å²) >= 11 is 1.53. The maximum Gasteiger partial charge on any atom is 0.160 e. The SMILES string of the molecule is COc1ccc(-c2nc(CCCO)cs2)cc1O. The van der Waals surface area contributed by atoms with Crippen LogP contribution in [0.4, 0.5) is 0 Å². The van der Waals surface area contributed by atoms with Crippen molar-refractivity contribution in [3.63, 3.8) is 0 Å². The molecule has 18 heavy (non-hydrogen) atoms. The predicted octanol–water partition coefficient (Wildman–Crippen LogP) is 2.45. The molecular weight excluding hydrogens is 250 g/mol. The first kappa shape index (κ1) is 12.9. The van der Waals surface area contributed by atoms with Gasteiger partial charge in [0.15, 0.2) is 11.5 Å². The molecule has 0 unspecified atom stereocenters. The van der Waals surface area contributed by atoms with Gasteiger partial charge in [-0.25, -0.2) is 4.98 Å². The van der Waals surface area contributed by atoms with E-state index in [9.17, 15) is 5.11 Å². The van der Waals surface area contributed by atoms with E-state index in [0.717, 1.165) is 29.1 Å². The summed E-state index contributed by atoms with van der Waals surface area (Å²) in [5, 5.41) is 21.3. The summed E-state index contributed by atoms with van der Waals surface area (Å²) in [6.07, 6.45) is 1.49. The molecule has 96 valence electrons. The van der Waals surface area contributed by atoms with E-state index in [1.54, 1.807) is 12.1 Å². The Balaban J connectivity index is 2.20. The fourth-order valence-corrected chi connectivity index (χ4v) is 2.49. The van der Waals surface area contributed by atoms with Gasteiger partial charge in [0.2, 0.25) is 0 Å². The number of hydrogen-bond donors (Lipinski definition) is 2. The third-order valence-corrected chi connectivity index (χ3v) is 3.51. The average Bonchev–Trinajstić information content (AvgIpc) is 2.85. The maximum atomic E-state index is 9.72. The number of nitrogens with zero attached hydrogens (tertiary/aromatic N) is 1. The molecule has 0 aliphatic rings. The van der Waals surface area contributed by atoms with Crippen LogP contribution in [-0.4, -0.2) is 28.9 Å². The van der Waals surface area contributed by atoms with Crippen molar-refractivity contribution < 1.29 is 14.9 Å². The fraction of sp³-hybridized carbons (Fsp3) is 0.308. The van der Waals surface area contributed by atoms with Crippen molar-refractivity contribution in [3.8, 4) is 22.1 Å². The van der Waals surface area contributed by atoms with Crippen molar-refractivity contribution >= 4 is 11.3 Å². The highest BCUT2D eigenvalue weighted by Gasteiger charge is 2.08. The number of aryl methyl sites for hydroxylation is 1. The molecule has 0 fully saturated rings. The first-order valence-corrected chi connectivity index (χ1v) is 6.55. The fourth-order valence-electron chi connectivity index (χ4n) is 1.64. The van der Waals surface area contributed by atoms with Crippen LogP contribution in [0.15, 0.2) is 23.6 Å². The second-order valence-corrected chi connectivity index (χ2v) is 4.72. The molecule has 0 spiro atoms. The van der Waals surface area contributed by atoms with Crippen LogP contribution in [0.5, 0.6) is 11.5 Å². The number of hydrogen-bond acceptors (Lipinski definition) is 5. The molecule has 1 heterocycles. The van der Waals surface area contributed by atoms with Crippen LogP contribution in [0.2, 0.25) is 0 Å². The van der Waals surface area contributed by atoms with Gasteiger partial charge in [-0.2, -0.15) is 0 Å². The topological polar surface area (TPSA) is 62.6 Å². The number of phenols is 1. The molecule has 2 N–H and O–H groups in total. The average molecular weight is 265 g/mol. The van der Waals surface area contributed by atoms with Crippen LogP contribution < -0.4 is 4.74 Å². The molecule has 0 atom stereocenters. The van der Waals surface area contributed by atoms with E-state index < -0.39 is 0 Å². The van der Waals surface area contributed by atoms with Gasteiger partial charge in [-0.3, -0.25) is 0 Å². The largest absolute Gasteiger partial charge is 0.504 e. The summed E-state index contributed by atoms with van der Waals surface area (Å²) in [5.41, 5.74) is 1.84. The van der Waals surface area contributed by atoms with Crippen LogP contribution >= 0.6 is 11.3 Å². The second kappa shape index (κ2) is 5.84. The van der Waals surface area contributed by atoms with Gasteiger partial charge in [-0.05, 0) is 31.0 Å². The second-order valence-electron chi connectivity index (χ2n) is 3.86. The van der Waals surface area contributed by atoms with E-state index in [2.05, 4.69) is 4.98 Å². The van der Waals surface area contributed by atoms with Gasteiger partial charge in [0.25, 0.3) is 0 Å². The first-order chi connectivity index (χ1) is 8.74. The molecule has 2 rings (SSSR count). The van der Waals surface area contributed by atoms with E-state index in [-0.39, 0.29) is 12.4 Å². The van der Waals surface area contributed by atoms with E-state index in [0.29, 0.717) is 5.75 Å². The number of aliphatic hydroxyl groups is 1. The maximum absolute atomic E-state index is 9.72. The zero-order valence-electron chi connectivity index (χ0n) is 10.1. The number of aromatic nitrogens is 1. The lowest BCUT2D eigenvalue weighted by molar-refractivity contribution is 0.288. The molecule has 0 aliphatic carbocycles. The summed E-state index contributed by atoms with van der Waals surface area (Å²) in [6, 6.07) is 5.24. The molecule has 5 heteroatoms. The van der Waals surface area contributed by atoms with Crippen molar-refractivity contribution in [1.82, 2.24) is 4.98 Å². The van der Waals surface area contributed by atoms with E-state index in [1.807, 2.05) is 11.4 Å². The van der Waals surface area contributed by atoms with E-state index in [4.69, 9.17) is 9.84 Å². The Kier molecular flexibility index (Phi) is 4.17. The minimum absolute atomic E-state index is 0.113. The molecule has 0 saturated heterocycles.